The Kier molecular flexibility index (Phi) is 4.97. The summed E-state index contributed by atoms with van der Waals surface area (Å²) in [5.74, 6) is 6.22. The average molecular weight is 243 g/mol. The molecule has 0 radical (unpaired) electrons. The SMILES string of the molecule is CCCC#Cc1ccccc1NC(=O)C(C)(C)C. The van der Waals surface area contributed by atoms with E-state index < -0.39 is 5.41 Å². The summed E-state index contributed by atoms with van der Waals surface area (Å²) < 4.78 is 0. The second-order valence-electron chi connectivity index (χ2n) is 5.30. The number of rotatable bonds is 2. The summed E-state index contributed by atoms with van der Waals surface area (Å²) in [5.41, 5.74) is 1.27. The third-order valence-electron chi connectivity index (χ3n) is 2.45. The van der Waals surface area contributed by atoms with Crippen molar-refractivity contribution in [3.8, 4) is 11.8 Å². The van der Waals surface area contributed by atoms with Crippen molar-refractivity contribution in [3.63, 3.8) is 0 Å². The first kappa shape index (κ1) is 14.3. The first-order chi connectivity index (χ1) is 8.45. The van der Waals surface area contributed by atoms with Gasteiger partial charge in [0.2, 0.25) is 5.91 Å². The lowest BCUT2D eigenvalue weighted by atomic mass is 9.95. The molecule has 1 aromatic carbocycles. The third kappa shape index (κ3) is 4.25. The molecule has 0 aliphatic carbocycles. The zero-order chi connectivity index (χ0) is 13.6. The van der Waals surface area contributed by atoms with Crippen molar-refractivity contribution >= 4 is 11.6 Å². The van der Waals surface area contributed by atoms with Crippen LogP contribution in [0.1, 0.15) is 46.1 Å². The number of carbonyl (C=O) groups is 1. The Morgan fingerprint density at radius 1 is 1.28 bits per heavy atom. The maximum atomic E-state index is 12.0. The van der Waals surface area contributed by atoms with E-state index >= 15 is 0 Å². The van der Waals surface area contributed by atoms with Gasteiger partial charge in [-0.25, -0.2) is 0 Å². The summed E-state index contributed by atoms with van der Waals surface area (Å²) in [7, 11) is 0. The van der Waals surface area contributed by atoms with Gasteiger partial charge in [0.1, 0.15) is 0 Å². The lowest BCUT2D eigenvalue weighted by Gasteiger charge is -2.18. The van der Waals surface area contributed by atoms with Gasteiger partial charge in [-0.2, -0.15) is 0 Å². The van der Waals surface area contributed by atoms with Crippen LogP contribution >= 0.6 is 0 Å². The highest BCUT2D eigenvalue weighted by Gasteiger charge is 2.21. The number of hydrogen-bond acceptors (Lipinski definition) is 1. The first-order valence-corrected chi connectivity index (χ1v) is 6.34. The van der Waals surface area contributed by atoms with Gasteiger partial charge < -0.3 is 5.32 Å². The summed E-state index contributed by atoms with van der Waals surface area (Å²) in [5, 5.41) is 2.94. The number of hydrogen-bond donors (Lipinski definition) is 1. The molecule has 0 unspecified atom stereocenters. The summed E-state index contributed by atoms with van der Waals surface area (Å²) in [6.07, 6.45) is 1.92. The molecule has 0 bridgehead atoms. The Morgan fingerprint density at radius 2 is 1.94 bits per heavy atom. The molecule has 0 aromatic heterocycles. The van der Waals surface area contributed by atoms with Crippen molar-refractivity contribution in [2.75, 3.05) is 5.32 Å². The van der Waals surface area contributed by atoms with Crippen molar-refractivity contribution in [2.24, 2.45) is 5.41 Å². The number of nitrogens with one attached hydrogen (secondary N) is 1. The molecule has 0 aliphatic heterocycles. The minimum Gasteiger partial charge on any atom is -0.325 e. The quantitative estimate of drug-likeness (QED) is 0.786. The van der Waals surface area contributed by atoms with Gasteiger partial charge >= 0.3 is 0 Å². The molecule has 0 atom stereocenters. The number of anilines is 1. The molecule has 1 N–H and O–H groups in total. The summed E-state index contributed by atoms with van der Waals surface area (Å²) in [4.78, 5) is 12.0. The van der Waals surface area contributed by atoms with Crippen LogP contribution in [0.15, 0.2) is 24.3 Å². The van der Waals surface area contributed by atoms with E-state index in [1.54, 1.807) is 0 Å². The molecular weight excluding hydrogens is 222 g/mol. The molecule has 1 amide bonds. The molecular formula is C16H21NO. The molecule has 0 saturated carbocycles. The maximum Gasteiger partial charge on any atom is 0.229 e. The van der Waals surface area contributed by atoms with E-state index in [0.717, 1.165) is 24.1 Å². The smallest absolute Gasteiger partial charge is 0.229 e. The molecule has 1 rings (SSSR count). The van der Waals surface area contributed by atoms with Gasteiger partial charge in [0.25, 0.3) is 0 Å². The number of benzene rings is 1. The molecule has 0 fully saturated rings. The molecule has 2 heteroatoms. The highest BCUT2D eigenvalue weighted by molar-refractivity contribution is 5.95. The Balaban J connectivity index is 2.90. The zero-order valence-corrected chi connectivity index (χ0v) is 11.6. The third-order valence-corrected chi connectivity index (χ3v) is 2.45. The summed E-state index contributed by atoms with van der Waals surface area (Å²) in [6.45, 7) is 7.79. The van der Waals surface area contributed by atoms with E-state index in [1.165, 1.54) is 0 Å². The number of para-hydroxylation sites is 1. The second kappa shape index (κ2) is 6.26. The van der Waals surface area contributed by atoms with Gasteiger partial charge in [-0.1, -0.05) is 51.7 Å². The number of carbonyl (C=O) groups excluding carboxylic acids is 1. The van der Waals surface area contributed by atoms with Crippen molar-refractivity contribution in [1.29, 1.82) is 0 Å². The van der Waals surface area contributed by atoms with Crippen LogP contribution in [0.2, 0.25) is 0 Å². The maximum absolute atomic E-state index is 12.0. The lowest BCUT2D eigenvalue weighted by molar-refractivity contribution is -0.123. The predicted molar refractivity (Wildman–Crippen MR) is 76.3 cm³/mol. The van der Waals surface area contributed by atoms with E-state index in [9.17, 15) is 4.79 Å². The van der Waals surface area contributed by atoms with Crippen molar-refractivity contribution in [2.45, 2.75) is 40.5 Å². The van der Waals surface area contributed by atoms with E-state index in [4.69, 9.17) is 0 Å². The van der Waals surface area contributed by atoms with Crippen LogP contribution < -0.4 is 5.32 Å². The van der Waals surface area contributed by atoms with Gasteiger partial charge in [-0.05, 0) is 18.6 Å². The van der Waals surface area contributed by atoms with E-state index in [1.807, 2.05) is 45.0 Å². The topological polar surface area (TPSA) is 29.1 Å². The molecule has 96 valence electrons. The number of unbranched alkanes of at least 4 members (excludes halogenated alkanes) is 1. The van der Waals surface area contributed by atoms with Gasteiger partial charge in [0, 0.05) is 17.4 Å². The van der Waals surface area contributed by atoms with Gasteiger partial charge in [0.15, 0.2) is 0 Å². The Bertz CT molecular complexity index is 472. The second-order valence-corrected chi connectivity index (χ2v) is 5.30. The molecule has 1 aromatic rings. The van der Waals surface area contributed by atoms with E-state index in [0.29, 0.717) is 0 Å². The van der Waals surface area contributed by atoms with Crippen LogP contribution in [0.3, 0.4) is 0 Å². The average Bonchev–Trinajstić information content (AvgIpc) is 2.30. The van der Waals surface area contributed by atoms with Crippen LogP contribution in [0, 0.1) is 17.3 Å². The van der Waals surface area contributed by atoms with Crippen LogP contribution in [0.4, 0.5) is 5.69 Å². The van der Waals surface area contributed by atoms with E-state index in [-0.39, 0.29) is 5.91 Å². The van der Waals surface area contributed by atoms with Crippen LogP contribution in [0.5, 0.6) is 0 Å². The predicted octanol–water partition coefficient (Wildman–Crippen LogP) is 3.82. The largest absolute Gasteiger partial charge is 0.325 e. The van der Waals surface area contributed by atoms with Gasteiger partial charge in [0.05, 0.1) is 5.69 Å². The minimum atomic E-state index is -0.399. The fourth-order valence-corrected chi connectivity index (χ4v) is 1.29. The minimum absolute atomic E-state index is 0.00671. The van der Waals surface area contributed by atoms with Crippen molar-refractivity contribution < 1.29 is 4.79 Å². The highest BCUT2D eigenvalue weighted by atomic mass is 16.2. The Morgan fingerprint density at radius 3 is 2.56 bits per heavy atom. The van der Waals surface area contributed by atoms with Gasteiger partial charge in [-0.15, -0.1) is 0 Å². The normalized spacial score (nSPS) is 10.4. The fraction of sp³-hybridized carbons (Fsp3) is 0.438. The molecule has 18 heavy (non-hydrogen) atoms. The first-order valence-electron chi connectivity index (χ1n) is 6.34. The summed E-state index contributed by atoms with van der Waals surface area (Å²) >= 11 is 0. The van der Waals surface area contributed by atoms with E-state index in [2.05, 4.69) is 24.1 Å². The monoisotopic (exact) mass is 243 g/mol. The summed E-state index contributed by atoms with van der Waals surface area (Å²) in [6, 6.07) is 7.66. The molecule has 0 heterocycles. The molecule has 2 nitrogen and oxygen atoms in total. The molecule has 0 spiro atoms. The van der Waals surface area contributed by atoms with Crippen LogP contribution in [0.25, 0.3) is 0 Å². The van der Waals surface area contributed by atoms with Crippen molar-refractivity contribution in [3.05, 3.63) is 29.8 Å². The lowest BCUT2D eigenvalue weighted by Crippen LogP contribution is -2.27. The fourth-order valence-electron chi connectivity index (χ4n) is 1.29. The standard InChI is InChI=1S/C16H21NO/c1-5-6-7-10-13-11-8-9-12-14(13)17-15(18)16(2,3)4/h8-9,11-12H,5-6H2,1-4H3,(H,17,18). The highest BCUT2D eigenvalue weighted by Crippen LogP contribution is 2.19. The Hall–Kier alpha value is -1.75. The zero-order valence-electron chi connectivity index (χ0n) is 11.6. The molecule has 0 aliphatic rings. The van der Waals surface area contributed by atoms with Crippen molar-refractivity contribution in [1.82, 2.24) is 0 Å². The van der Waals surface area contributed by atoms with Crippen LogP contribution in [-0.2, 0) is 4.79 Å². The Labute approximate surface area is 110 Å². The number of amides is 1. The molecule has 0 saturated heterocycles. The van der Waals surface area contributed by atoms with Crippen LogP contribution in [-0.4, -0.2) is 5.91 Å². The van der Waals surface area contributed by atoms with Gasteiger partial charge in [-0.3, -0.25) is 4.79 Å².